The largest absolute Gasteiger partial charge is 0.351 e. The number of halogens is 1. The molecule has 0 bridgehead atoms. The fraction of sp³-hybridized carbons (Fsp3) is 0.364. The topological polar surface area (TPSA) is 48.5 Å². The monoisotopic (exact) mass is 520 g/mol. The third-order valence-electron chi connectivity index (χ3n) is 5.35. The van der Waals surface area contributed by atoms with Crippen molar-refractivity contribution in [3.63, 3.8) is 0 Å². The van der Waals surface area contributed by atoms with Gasteiger partial charge in [0.25, 0.3) is 5.91 Å². The zero-order valence-corrected chi connectivity index (χ0v) is 19.5. The molecule has 1 fully saturated rings. The van der Waals surface area contributed by atoms with Gasteiger partial charge in [-0.15, -0.1) is 0 Å². The van der Waals surface area contributed by atoms with Crippen LogP contribution in [0.3, 0.4) is 0 Å². The number of aromatic nitrogens is 1. The zero-order valence-electron chi connectivity index (χ0n) is 16.5. The molecule has 3 aromatic rings. The van der Waals surface area contributed by atoms with E-state index in [9.17, 15) is 4.79 Å². The summed E-state index contributed by atoms with van der Waals surface area (Å²) >= 11 is 4.00. The number of carbonyl (C=O) groups is 1. The summed E-state index contributed by atoms with van der Waals surface area (Å²) in [5, 5.41) is 4.18. The van der Waals surface area contributed by atoms with Crippen LogP contribution >= 0.6 is 33.9 Å². The summed E-state index contributed by atoms with van der Waals surface area (Å²) < 4.78 is 2.26. The van der Waals surface area contributed by atoms with Crippen molar-refractivity contribution in [1.82, 2.24) is 15.2 Å². The van der Waals surface area contributed by atoms with Gasteiger partial charge in [-0.3, -0.25) is 9.69 Å². The second-order valence-corrected chi connectivity index (χ2v) is 9.35. The number of amides is 1. The maximum absolute atomic E-state index is 12.3. The molecule has 1 amide bonds. The SMILES string of the molecule is CCc1cccc2sc(N3CCN(CCNC(=O)c4ccccc4I)CC3)nc12. The third kappa shape index (κ3) is 4.73. The molecule has 1 aromatic heterocycles. The van der Waals surface area contributed by atoms with E-state index in [-0.39, 0.29) is 5.91 Å². The Labute approximate surface area is 189 Å². The summed E-state index contributed by atoms with van der Waals surface area (Å²) in [6, 6.07) is 14.2. The molecular weight excluding hydrogens is 495 g/mol. The molecule has 0 aliphatic carbocycles. The van der Waals surface area contributed by atoms with Gasteiger partial charge in [0.05, 0.1) is 15.8 Å². The van der Waals surface area contributed by atoms with Gasteiger partial charge in [-0.1, -0.05) is 42.5 Å². The van der Waals surface area contributed by atoms with Crippen LogP contribution in [0.15, 0.2) is 42.5 Å². The molecule has 0 spiro atoms. The van der Waals surface area contributed by atoms with Gasteiger partial charge in [0, 0.05) is 42.8 Å². The number of thiazole rings is 1. The van der Waals surface area contributed by atoms with Crippen molar-refractivity contribution in [2.24, 2.45) is 0 Å². The summed E-state index contributed by atoms with van der Waals surface area (Å²) in [6.07, 6.45) is 1.02. The third-order valence-corrected chi connectivity index (χ3v) is 7.37. The van der Waals surface area contributed by atoms with Crippen LogP contribution in [-0.2, 0) is 6.42 Å². The highest BCUT2D eigenvalue weighted by atomic mass is 127. The predicted octanol–water partition coefficient (Wildman–Crippen LogP) is 4.02. The summed E-state index contributed by atoms with van der Waals surface area (Å²) in [5.41, 5.74) is 3.24. The number of nitrogens with one attached hydrogen (secondary N) is 1. The Balaban J connectivity index is 1.28. The van der Waals surface area contributed by atoms with Crippen LogP contribution in [0, 0.1) is 3.57 Å². The number of aryl methyl sites for hydroxylation is 1. The normalized spacial score (nSPS) is 15.0. The van der Waals surface area contributed by atoms with Crippen LogP contribution in [0.5, 0.6) is 0 Å². The molecule has 152 valence electrons. The van der Waals surface area contributed by atoms with E-state index in [0.29, 0.717) is 6.54 Å². The summed E-state index contributed by atoms with van der Waals surface area (Å²) in [5.74, 6) is 0.00911. The van der Waals surface area contributed by atoms with Crippen LogP contribution in [0.2, 0.25) is 0 Å². The number of anilines is 1. The second kappa shape index (κ2) is 9.40. The van der Waals surface area contributed by atoms with Crippen molar-refractivity contribution in [3.8, 4) is 0 Å². The predicted molar refractivity (Wildman–Crippen MR) is 129 cm³/mol. The van der Waals surface area contributed by atoms with Crippen molar-refractivity contribution in [1.29, 1.82) is 0 Å². The minimum absolute atomic E-state index is 0.00911. The van der Waals surface area contributed by atoms with E-state index in [2.05, 4.69) is 62.8 Å². The lowest BCUT2D eigenvalue weighted by Gasteiger charge is -2.34. The molecule has 2 heterocycles. The van der Waals surface area contributed by atoms with Crippen LogP contribution in [-0.4, -0.2) is 55.1 Å². The molecule has 4 rings (SSSR count). The number of nitrogens with zero attached hydrogens (tertiary/aromatic N) is 3. The maximum Gasteiger partial charge on any atom is 0.252 e. The number of piperazine rings is 1. The Morgan fingerprint density at radius 1 is 1.14 bits per heavy atom. The first-order chi connectivity index (χ1) is 14.2. The number of carbonyl (C=O) groups excluding carboxylic acids is 1. The average Bonchev–Trinajstić information content (AvgIpc) is 3.19. The van der Waals surface area contributed by atoms with Crippen molar-refractivity contribution in [2.75, 3.05) is 44.2 Å². The Morgan fingerprint density at radius 3 is 2.69 bits per heavy atom. The van der Waals surface area contributed by atoms with Crippen LogP contribution in [0.1, 0.15) is 22.8 Å². The highest BCUT2D eigenvalue weighted by Crippen LogP contribution is 2.31. The van der Waals surface area contributed by atoms with Gasteiger partial charge in [-0.25, -0.2) is 4.98 Å². The first-order valence-corrected chi connectivity index (χ1v) is 11.9. The molecule has 0 unspecified atom stereocenters. The molecule has 5 nitrogen and oxygen atoms in total. The first kappa shape index (κ1) is 20.6. The minimum Gasteiger partial charge on any atom is -0.351 e. The molecule has 2 aromatic carbocycles. The average molecular weight is 520 g/mol. The van der Waals surface area contributed by atoms with E-state index >= 15 is 0 Å². The van der Waals surface area contributed by atoms with Crippen molar-refractivity contribution < 1.29 is 4.79 Å². The van der Waals surface area contributed by atoms with E-state index < -0.39 is 0 Å². The van der Waals surface area contributed by atoms with Gasteiger partial charge in [-0.05, 0) is 52.8 Å². The van der Waals surface area contributed by atoms with Crippen molar-refractivity contribution in [2.45, 2.75) is 13.3 Å². The number of fused-ring (bicyclic) bond motifs is 1. The Hall–Kier alpha value is -1.71. The lowest BCUT2D eigenvalue weighted by molar-refractivity contribution is 0.0947. The maximum atomic E-state index is 12.3. The molecule has 1 aliphatic rings. The number of hydrogen-bond acceptors (Lipinski definition) is 5. The molecule has 1 aliphatic heterocycles. The fourth-order valence-electron chi connectivity index (χ4n) is 3.65. The number of para-hydroxylation sites is 1. The van der Waals surface area contributed by atoms with Gasteiger partial charge >= 0.3 is 0 Å². The smallest absolute Gasteiger partial charge is 0.252 e. The summed E-state index contributed by atoms with van der Waals surface area (Å²) in [4.78, 5) is 22.1. The molecule has 0 atom stereocenters. The quantitative estimate of drug-likeness (QED) is 0.499. The summed E-state index contributed by atoms with van der Waals surface area (Å²) in [7, 11) is 0. The highest BCUT2D eigenvalue weighted by Gasteiger charge is 2.20. The van der Waals surface area contributed by atoms with E-state index in [4.69, 9.17) is 4.98 Å². The number of hydrogen-bond donors (Lipinski definition) is 1. The van der Waals surface area contributed by atoms with Gasteiger partial charge in [0.1, 0.15) is 0 Å². The summed E-state index contributed by atoms with van der Waals surface area (Å²) in [6.45, 7) is 7.68. The fourth-order valence-corrected chi connectivity index (χ4v) is 5.34. The Bertz CT molecular complexity index is 997. The zero-order chi connectivity index (χ0) is 20.2. The van der Waals surface area contributed by atoms with Crippen LogP contribution < -0.4 is 10.2 Å². The first-order valence-electron chi connectivity index (χ1n) is 10.0. The van der Waals surface area contributed by atoms with Crippen molar-refractivity contribution >= 4 is 55.2 Å². The molecular formula is C22H25IN4OS. The molecule has 1 saturated heterocycles. The molecule has 0 saturated carbocycles. The molecule has 1 N–H and O–H groups in total. The molecule has 29 heavy (non-hydrogen) atoms. The van der Waals surface area contributed by atoms with Gasteiger partial charge in [0.2, 0.25) is 0 Å². The minimum atomic E-state index is 0.00911. The highest BCUT2D eigenvalue weighted by molar-refractivity contribution is 14.1. The van der Waals surface area contributed by atoms with Gasteiger partial charge in [0.15, 0.2) is 5.13 Å². The number of rotatable bonds is 6. The van der Waals surface area contributed by atoms with Crippen LogP contribution in [0.4, 0.5) is 5.13 Å². The lowest BCUT2D eigenvalue weighted by Crippen LogP contribution is -2.48. The van der Waals surface area contributed by atoms with E-state index in [0.717, 1.165) is 58.9 Å². The standard InChI is InChI=1S/C22H25IN4OS/c1-2-16-6-5-9-19-20(16)25-22(29-19)27-14-12-26(13-15-27)11-10-24-21(28)17-7-3-4-8-18(17)23/h3-9H,2,10-15H2,1H3,(H,24,28). The molecule has 7 heteroatoms. The Morgan fingerprint density at radius 2 is 1.93 bits per heavy atom. The molecule has 0 radical (unpaired) electrons. The van der Waals surface area contributed by atoms with Crippen molar-refractivity contribution in [3.05, 3.63) is 57.2 Å². The van der Waals surface area contributed by atoms with E-state index in [1.807, 2.05) is 24.3 Å². The number of benzene rings is 2. The van der Waals surface area contributed by atoms with Gasteiger partial charge in [-0.2, -0.15) is 0 Å². The Kier molecular flexibility index (Phi) is 6.67. The van der Waals surface area contributed by atoms with E-state index in [1.165, 1.54) is 10.3 Å². The van der Waals surface area contributed by atoms with E-state index in [1.54, 1.807) is 11.3 Å². The lowest BCUT2D eigenvalue weighted by atomic mass is 10.1. The second-order valence-electron chi connectivity index (χ2n) is 7.18. The van der Waals surface area contributed by atoms with Crippen LogP contribution in [0.25, 0.3) is 10.2 Å². The van der Waals surface area contributed by atoms with Gasteiger partial charge < -0.3 is 10.2 Å².